The van der Waals surface area contributed by atoms with Crippen molar-refractivity contribution in [2.75, 3.05) is 0 Å². The lowest BCUT2D eigenvalue weighted by molar-refractivity contribution is -0.145. The van der Waals surface area contributed by atoms with Crippen LogP contribution in [-0.2, 0) is 12.7 Å². The summed E-state index contributed by atoms with van der Waals surface area (Å²) in [5, 5.41) is 6.42. The van der Waals surface area contributed by atoms with Gasteiger partial charge in [-0.25, -0.2) is 18.4 Å². The number of nitrogens with zero attached hydrogens (tertiary/aromatic N) is 4. The van der Waals surface area contributed by atoms with Crippen LogP contribution in [0.5, 0.6) is 0 Å². The van der Waals surface area contributed by atoms with E-state index in [1.807, 2.05) is 0 Å². The van der Waals surface area contributed by atoms with E-state index >= 15 is 0 Å². The molecule has 5 nitrogen and oxygen atoms in total. The summed E-state index contributed by atoms with van der Waals surface area (Å²) in [7, 11) is 0. The minimum absolute atomic E-state index is 0.0314. The van der Waals surface area contributed by atoms with Gasteiger partial charge in [0.25, 0.3) is 12.2 Å². The Morgan fingerprint density at radius 2 is 2.06 bits per heavy atom. The SMILES string of the molecule is FC(F)c1cc(Cn2cnc(C(F)(F)F)n2)no1. The monoisotopic (exact) mass is 268 g/mol. The third-order valence-electron chi connectivity index (χ3n) is 1.91. The van der Waals surface area contributed by atoms with Crippen LogP contribution in [0.4, 0.5) is 22.0 Å². The molecule has 2 aromatic heterocycles. The summed E-state index contributed by atoms with van der Waals surface area (Å²) >= 11 is 0. The molecule has 0 bridgehead atoms. The van der Waals surface area contributed by atoms with Gasteiger partial charge in [0.05, 0.1) is 6.54 Å². The smallest absolute Gasteiger partial charge is 0.355 e. The highest BCUT2D eigenvalue weighted by Gasteiger charge is 2.35. The van der Waals surface area contributed by atoms with Crippen molar-refractivity contribution in [1.82, 2.24) is 19.9 Å². The van der Waals surface area contributed by atoms with Crippen molar-refractivity contribution in [2.45, 2.75) is 19.1 Å². The van der Waals surface area contributed by atoms with Crippen LogP contribution in [-0.4, -0.2) is 19.9 Å². The molecule has 2 heterocycles. The molecule has 0 atom stereocenters. The van der Waals surface area contributed by atoms with Crippen LogP contribution in [0, 0.1) is 0 Å². The van der Waals surface area contributed by atoms with Crippen LogP contribution in [0.3, 0.4) is 0 Å². The number of aromatic nitrogens is 4. The lowest BCUT2D eigenvalue weighted by Gasteiger charge is -1.98. The Hall–Kier alpha value is -2.00. The highest BCUT2D eigenvalue weighted by atomic mass is 19.4. The molecule has 2 aromatic rings. The number of halogens is 5. The van der Waals surface area contributed by atoms with Crippen LogP contribution < -0.4 is 0 Å². The molecule has 0 aromatic carbocycles. The van der Waals surface area contributed by atoms with E-state index < -0.39 is 24.2 Å². The summed E-state index contributed by atoms with van der Waals surface area (Å²) in [4.78, 5) is 3.05. The zero-order valence-electron chi connectivity index (χ0n) is 8.53. The number of rotatable bonds is 3. The maximum atomic E-state index is 12.2. The standard InChI is InChI=1S/C8H5F5N4O/c9-6(10)5-1-4(16-18-5)2-17-3-14-7(15-17)8(11,12)13/h1,3,6H,2H2. The summed E-state index contributed by atoms with van der Waals surface area (Å²) in [6.07, 6.45) is -6.64. The zero-order chi connectivity index (χ0) is 13.3. The summed E-state index contributed by atoms with van der Waals surface area (Å²) in [5.74, 6) is -1.96. The van der Waals surface area contributed by atoms with Crippen molar-refractivity contribution in [3.63, 3.8) is 0 Å². The van der Waals surface area contributed by atoms with Crippen molar-refractivity contribution in [3.05, 3.63) is 29.7 Å². The first kappa shape index (κ1) is 12.5. The molecular weight excluding hydrogens is 263 g/mol. The molecule has 0 saturated heterocycles. The van der Waals surface area contributed by atoms with Gasteiger partial charge in [0.2, 0.25) is 5.76 Å². The Morgan fingerprint density at radius 3 is 2.56 bits per heavy atom. The van der Waals surface area contributed by atoms with E-state index in [2.05, 4.69) is 19.8 Å². The molecule has 2 rings (SSSR count). The normalized spacial score (nSPS) is 12.3. The molecular formula is C8H5F5N4O. The predicted molar refractivity (Wildman–Crippen MR) is 45.6 cm³/mol. The minimum atomic E-state index is -4.65. The summed E-state index contributed by atoms with van der Waals surface area (Å²) < 4.78 is 66.0. The lowest BCUT2D eigenvalue weighted by atomic mass is 10.4. The first-order chi connectivity index (χ1) is 8.36. The Labute approximate surface area is 96.2 Å². The Morgan fingerprint density at radius 1 is 1.33 bits per heavy atom. The predicted octanol–water partition coefficient (Wildman–Crippen LogP) is 2.27. The van der Waals surface area contributed by atoms with E-state index in [0.717, 1.165) is 17.1 Å². The number of hydrogen-bond donors (Lipinski definition) is 0. The van der Waals surface area contributed by atoms with Gasteiger partial charge in [0.15, 0.2) is 0 Å². The van der Waals surface area contributed by atoms with E-state index in [-0.39, 0.29) is 12.2 Å². The molecule has 0 aliphatic carbocycles. The van der Waals surface area contributed by atoms with E-state index in [0.29, 0.717) is 0 Å². The minimum Gasteiger partial charge on any atom is -0.355 e. The Bertz CT molecular complexity index is 532. The van der Waals surface area contributed by atoms with Crippen LogP contribution in [0.15, 0.2) is 16.9 Å². The summed E-state index contributed by atoms with van der Waals surface area (Å²) in [6.45, 7) is -0.237. The van der Waals surface area contributed by atoms with Gasteiger partial charge in [-0.1, -0.05) is 5.16 Å². The number of hydrogen-bond acceptors (Lipinski definition) is 4. The quantitative estimate of drug-likeness (QED) is 0.801. The highest BCUT2D eigenvalue weighted by Crippen LogP contribution is 2.25. The highest BCUT2D eigenvalue weighted by molar-refractivity contribution is 5.06. The fourth-order valence-corrected chi connectivity index (χ4v) is 1.17. The molecule has 0 fully saturated rings. The van der Waals surface area contributed by atoms with Gasteiger partial charge < -0.3 is 4.52 Å². The van der Waals surface area contributed by atoms with Gasteiger partial charge in [-0.3, -0.25) is 0 Å². The molecule has 10 heteroatoms. The van der Waals surface area contributed by atoms with Gasteiger partial charge in [-0.2, -0.15) is 13.2 Å². The first-order valence-electron chi connectivity index (χ1n) is 4.56. The topological polar surface area (TPSA) is 56.7 Å². The van der Waals surface area contributed by atoms with Crippen molar-refractivity contribution >= 4 is 0 Å². The van der Waals surface area contributed by atoms with Crippen LogP contribution >= 0.6 is 0 Å². The molecule has 0 unspecified atom stereocenters. The second kappa shape index (κ2) is 4.35. The maximum Gasteiger partial charge on any atom is 0.453 e. The molecule has 98 valence electrons. The lowest BCUT2D eigenvalue weighted by Crippen LogP contribution is -2.09. The van der Waals surface area contributed by atoms with Gasteiger partial charge in [0, 0.05) is 6.07 Å². The van der Waals surface area contributed by atoms with Gasteiger partial charge in [0.1, 0.15) is 12.0 Å². The van der Waals surface area contributed by atoms with E-state index in [4.69, 9.17) is 0 Å². The van der Waals surface area contributed by atoms with Crippen molar-refractivity contribution in [3.8, 4) is 0 Å². The van der Waals surface area contributed by atoms with Crippen molar-refractivity contribution < 1.29 is 26.5 Å². The first-order valence-corrected chi connectivity index (χ1v) is 4.56. The zero-order valence-corrected chi connectivity index (χ0v) is 8.53. The van der Waals surface area contributed by atoms with E-state index in [1.165, 1.54) is 0 Å². The van der Waals surface area contributed by atoms with Crippen LogP contribution in [0.25, 0.3) is 0 Å². The average molecular weight is 268 g/mol. The molecule has 0 aliphatic heterocycles. The Kier molecular flexibility index (Phi) is 3.01. The molecule has 0 saturated carbocycles. The Balaban J connectivity index is 2.11. The largest absolute Gasteiger partial charge is 0.453 e. The third kappa shape index (κ3) is 2.63. The van der Waals surface area contributed by atoms with Gasteiger partial charge in [-0.05, 0) is 0 Å². The fourth-order valence-electron chi connectivity index (χ4n) is 1.17. The third-order valence-corrected chi connectivity index (χ3v) is 1.91. The molecule has 0 amide bonds. The van der Waals surface area contributed by atoms with Crippen LogP contribution in [0.2, 0.25) is 0 Å². The summed E-state index contributed by atoms with van der Waals surface area (Å²) in [5.41, 5.74) is 0.0314. The maximum absolute atomic E-state index is 12.2. The second-order valence-electron chi connectivity index (χ2n) is 3.28. The molecule has 0 N–H and O–H groups in total. The van der Waals surface area contributed by atoms with E-state index in [1.54, 1.807) is 0 Å². The molecule has 0 aliphatic rings. The second-order valence-corrected chi connectivity index (χ2v) is 3.28. The molecule has 18 heavy (non-hydrogen) atoms. The van der Waals surface area contributed by atoms with Crippen LogP contribution in [0.1, 0.15) is 23.7 Å². The summed E-state index contributed by atoms with van der Waals surface area (Å²) in [6, 6.07) is 0.944. The van der Waals surface area contributed by atoms with Gasteiger partial charge in [-0.15, -0.1) is 5.10 Å². The van der Waals surface area contributed by atoms with Crippen molar-refractivity contribution in [2.24, 2.45) is 0 Å². The van der Waals surface area contributed by atoms with Crippen molar-refractivity contribution in [1.29, 1.82) is 0 Å². The molecule has 0 spiro atoms. The average Bonchev–Trinajstić information content (AvgIpc) is 2.85. The number of alkyl halides is 5. The fraction of sp³-hybridized carbons (Fsp3) is 0.375. The molecule has 0 radical (unpaired) electrons. The van der Waals surface area contributed by atoms with Gasteiger partial charge >= 0.3 is 6.18 Å². The van der Waals surface area contributed by atoms with E-state index in [9.17, 15) is 22.0 Å².